The summed E-state index contributed by atoms with van der Waals surface area (Å²) in [5.41, 5.74) is 1.99. The number of amides is 2. The number of likely N-dealkylation sites (tertiary alicyclic amines) is 2. The van der Waals surface area contributed by atoms with Gasteiger partial charge in [-0.15, -0.1) is 0 Å². The molecule has 3 aromatic rings. The van der Waals surface area contributed by atoms with Gasteiger partial charge in [-0.05, 0) is 61.7 Å². The standard InChI is InChI=1S/C26H28N2O5/c1-31-22-7-5-20(15-23(22)32-2)25(30)28-12-10-26(17-28)9-3-11-27(16-26)24(29)19-4-6-21-18(14-19)8-13-33-21/h4-8,13-15H,3,9-12,16-17H2,1-2H3. The minimum Gasteiger partial charge on any atom is -0.493 e. The highest BCUT2D eigenvalue weighted by Gasteiger charge is 2.44. The van der Waals surface area contributed by atoms with Gasteiger partial charge in [0.05, 0.1) is 20.5 Å². The number of furan rings is 1. The summed E-state index contributed by atoms with van der Waals surface area (Å²) in [5, 5.41) is 0.931. The molecular weight excluding hydrogens is 420 g/mol. The fraction of sp³-hybridized carbons (Fsp3) is 0.385. The van der Waals surface area contributed by atoms with Crippen molar-refractivity contribution in [3.8, 4) is 11.5 Å². The van der Waals surface area contributed by atoms with Gasteiger partial charge in [0.2, 0.25) is 0 Å². The van der Waals surface area contributed by atoms with Gasteiger partial charge in [0.1, 0.15) is 5.58 Å². The van der Waals surface area contributed by atoms with E-state index in [1.54, 1.807) is 38.7 Å². The second-order valence-corrected chi connectivity index (χ2v) is 9.05. The summed E-state index contributed by atoms with van der Waals surface area (Å²) < 4.78 is 16.0. The van der Waals surface area contributed by atoms with Crippen LogP contribution in [0, 0.1) is 5.41 Å². The largest absolute Gasteiger partial charge is 0.493 e. The molecule has 0 bridgehead atoms. The Kier molecular flexibility index (Phi) is 5.48. The van der Waals surface area contributed by atoms with Crippen molar-refractivity contribution in [2.45, 2.75) is 19.3 Å². The number of rotatable bonds is 4. The molecule has 0 radical (unpaired) electrons. The molecule has 2 fully saturated rings. The maximum atomic E-state index is 13.3. The Bertz CT molecular complexity index is 1200. The molecule has 3 heterocycles. The van der Waals surface area contributed by atoms with E-state index in [9.17, 15) is 9.59 Å². The Hall–Kier alpha value is -3.48. The van der Waals surface area contributed by atoms with E-state index in [-0.39, 0.29) is 17.2 Å². The maximum absolute atomic E-state index is 13.3. The van der Waals surface area contributed by atoms with Gasteiger partial charge in [0, 0.05) is 48.1 Å². The van der Waals surface area contributed by atoms with Crippen LogP contribution in [0.4, 0.5) is 0 Å². The number of hydrogen-bond acceptors (Lipinski definition) is 5. The molecule has 2 aliphatic rings. The van der Waals surface area contributed by atoms with Gasteiger partial charge in [-0.2, -0.15) is 0 Å². The van der Waals surface area contributed by atoms with E-state index in [1.807, 2.05) is 34.1 Å². The highest BCUT2D eigenvalue weighted by atomic mass is 16.5. The summed E-state index contributed by atoms with van der Waals surface area (Å²) in [6, 6.07) is 12.7. The first kappa shape index (κ1) is 21.4. The van der Waals surface area contributed by atoms with Gasteiger partial charge < -0.3 is 23.7 Å². The van der Waals surface area contributed by atoms with Gasteiger partial charge in [-0.3, -0.25) is 9.59 Å². The molecule has 0 N–H and O–H groups in total. The molecule has 5 rings (SSSR count). The van der Waals surface area contributed by atoms with Crippen LogP contribution < -0.4 is 9.47 Å². The van der Waals surface area contributed by atoms with Crippen molar-refractivity contribution in [3.05, 3.63) is 59.9 Å². The number of ether oxygens (including phenoxy) is 2. The predicted molar refractivity (Wildman–Crippen MR) is 124 cm³/mol. The molecule has 172 valence electrons. The monoisotopic (exact) mass is 448 g/mol. The minimum absolute atomic E-state index is 0.0123. The SMILES string of the molecule is COc1ccc(C(=O)N2CCC3(CCCN(C(=O)c4ccc5occc5c4)C3)C2)cc1OC. The second-order valence-electron chi connectivity index (χ2n) is 9.05. The predicted octanol–water partition coefficient (Wildman–Crippen LogP) is 4.22. The molecule has 1 atom stereocenters. The molecule has 33 heavy (non-hydrogen) atoms. The Morgan fingerprint density at radius 1 is 0.848 bits per heavy atom. The van der Waals surface area contributed by atoms with E-state index in [0.29, 0.717) is 42.3 Å². The van der Waals surface area contributed by atoms with Crippen molar-refractivity contribution in [2.75, 3.05) is 40.4 Å². The molecule has 0 saturated carbocycles. The summed E-state index contributed by atoms with van der Waals surface area (Å²) in [5.74, 6) is 1.17. The van der Waals surface area contributed by atoms with Gasteiger partial charge in [-0.1, -0.05) is 0 Å². The smallest absolute Gasteiger partial charge is 0.254 e. The lowest BCUT2D eigenvalue weighted by Gasteiger charge is -2.40. The van der Waals surface area contributed by atoms with Crippen LogP contribution in [0.1, 0.15) is 40.0 Å². The average Bonchev–Trinajstić information content (AvgIpc) is 3.49. The van der Waals surface area contributed by atoms with Crippen LogP contribution in [0.25, 0.3) is 11.0 Å². The first-order valence-electron chi connectivity index (χ1n) is 11.3. The second kappa shape index (κ2) is 8.46. The average molecular weight is 449 g/mol. The number of piperidine rings is 1. The van der Waals surface area contributed by atoms with E-state index < -0.39 is 0 Å². The molecular formula is C26H28N2O5. The van der Waals surface area contributed by atoms with E-state index in [1.165, 1.54) is 0 Å². The minimum atomic E-state index is -0.0557. The molecule has 0 aliphatic carbocycles. The van der Waals surface area contributed by atoms with Crippen molar-refractivity contribution < 1.29 is 23.5 Å². The Morgan fingerprint density at radius 2 is 1.55 bits per heavy atom. The number of fused-ring (bicyclic) bond motifs is 1. The molecule has 7 nitrogen and oxygen atoms in total. The third-order valence-corrected chi connectivity index (χ3v) is 7.00. The number of benzene rings is 2. The Labute approximate surface area is 192 Å². The van der Waals surface area contributed by atoms with E-state index in [0.717, 1.165) is 36.8 Å². The van der Waals surface area contributed by atoms with E-state index in [2.05, 4.69) is 0 Å². The fourth-order valence-corrected chi connectivity index (χ4v) is 5.26. The summed E-state index contributed by atoms with van der Waals surface area (Å²) in [4.78, 5) is 30.3. The first-order chi connectivity index (χ1) is 16.0. The lowest BCUT2D eigenvalue weighted by molar-refractivity contribution is 0.0516. The number of methoxy groups -OCH3 is 2. The van der Waals surface area contributed by atoms with Crippen molar-refractivity contribution in [1.29, 1.82) is 0 Å². The topological polar surface area (TPSA) is 72.2 Å². The van der Waals surface area contributed by atoms with Crippen LogP contribution >= 0.6 is 0 Å². The quantitative estimate of drug-likeness (QED) is 0.598. The maximum Gasteiger partial charge on any atom is 0.254 e. The third kappa shape index (κ3) is 3.92. The first-order valence-corrected chi connectivity index (χ1v) is 11.3. The highest BCUT2D eigenvalue weighted by Crippen LogP contribution is 2.40. The zero-order valence-electron chi connectivity index (χ0n) is 19.0. The summed E-state index contributed by atoms with van der Waals surface area (Å²) in [6.07, 6.45) is 4.50. The zero-order chi connectivity index (χ0) is 23.0. The van der Waals surface area contributed by atoms with Crippen molar-refractivity contribution >= 4 is 22.8 Å². The van der Waals surface area contributed by atoms with Gasteiger partial charge in [0.15, 0.2) is 11.5 Å². The molecule has 2 amide bonds. The lowest BCUT2D eigenvalue weighted by Crippen LogP contribution is -2.47. The van der Waals surface area contributed by atoms with Crippen LogP contribution in [0.2, 0.25) is 0 Å². The highest BCUT2D eigenvalue weighted by molar-refractivity contribution is 5.98. The van der Waals surface area contributed by atoms with Crippen molar-refractivity contribution in [2.24, 2.45) is 5.41 Å². The fourth-order valence-electron chi connectivity index (χ4n) is 5.26. The normalized spacial score (nSPS) is 20.4. The molecule has 2 saturated heterocycles. The number of carbonyl (C=O) groups is 2. The Morgan fingerprint density at radius 3 is 2.30 bits per heavy atom. The molecule has 2 aliphatic heterocycles. The molecule has 1 spiro atoms. The van der Waals surface area contributed by atoms with Gasteiger partial charge >= 0.3 is 0 Å². The van der Waals surface area contributed by atoms with Crippen molar-refractivity contribution in [1.82, 2.24) is 9.80 Å². The third-order valence-electron chi connectivity index (χ3n) is 7.00. The summed E-state index contributed by atoms with van der Waals surface area (Å²) in [6.45, 7) is 2.76. The molecule has 1 aromatic heterocycles. The van der Waals surface area contributed by atoms with Crippen LogP contribution in [-0.4, -0.2) is 62.0 Å². The van der Waals surface area contributed by atoms with E-state index in [4.69, 9.17) is 13.9 Å². The summed E-state index contributed by atoms with van der Waals surface area (Å²) >= 11 is 0. The van der Waals surface area contributed by atoms with Crippen LogP contribution in [0.15, 0.2) is 53.1 Å². The van der Waals surface area contributed by atoms with Gasteiger partial charge in [0.25, 0.3) is 11.8 Å². The lowest BCUT2D eigenvalue weighted by atomic mass is 9.79. The number of hydrogen-bond donors (Lipinski definition) is 0. The molecule has 2 aromatic carbocycles. The number of nitrogens with zero attached hydrogens (tertiary/aromatic N) is 2. The Balaban J connectivity index is 1.30. The zero-order valence-corrected chi connectivity index (χ0v) is 19.0. The molecule has 7 heteroatoms. The van der Waals surface area contributed by atoms with Crippen LogP contribution in [-0.2, 0) is 0 Å². The van der Waals surface area contributed by atoms with Crippen molar-refractivity contribution in [3.63, 3.8) is 0 Å². The molecule has 1 unspecified atom stereocenters. The van der Waals surface area contributed by atoms with Crippen LogP contribution in [0.3, 0.4) is 0 Å². The van der Waals surface area contributed by atoms with E-state index >= 15 is 0 Å². The summed E-state index contributed by atoms with van der Waals surface area (Å²) in [7, 11) is 3.14. The van der Waals surface area contributed by atoms with Gasteiger partial charge in [-0.25, -0.2) is 0 Å². The van der Waals surface area contributed by atoms with Crippen LogP contribution in [0.5, 0.6) is 11.5 Å². The number of carbonyl (C=O) groups excluding carboxylic acids is 2.